The molecule has 0 bridgehead atoms. The van der Waals surface area contributed by atoms with E-state index in [0.717, 1.165) is 11.3 Å². The number of nitriles is 1. The van der Waals surface area contributed by atoms with Gasteiger partial charge in [-0.25, -0.2) is 4.79 Å². The van der Waals surface area contributed by atoms with Gasteiger partial charge in [-0.3, -0.25) is 4.98 Å². The monoisotopic (exact) mass is 294 g/mol. The largest absolute Gasteiger partial charge is 0.479 e. The lowest BCUT2D eigenvalue weighted by Gasteiger charge is -2.10. The molecule has 0 aliphatic heterocycles. The Morgan fingerprint density at radius 2 is 2.18 bits per heavy atom. The van der Waals surface area contributed by atoms with Gasteiger partial charge < -0.3 is 9.84 Å². The van der Waals surface area contributed by atoms with Crippen LogP contribution in [-0.4, -0.2) is 22.2 Å². The quantitative estimate of drug-likeness (QED) is 0.916. The van der Waals surface area contributed by atoms with Crippen LogP contribution < -0.4 is 4.74 Å². The molecular formula is C17H14N2O3. The zero-order valence-corrected chi connectivity index (χ0v) is 11.9. The zero-order valence-electron chi connectivity index (χ0n) is 11.9. The van der Waals surface area contributed by atoms with Crippen molar-refractivity contribution >= 4 is 18.1 Å². The molecule has 0 amide bonds. The molecule has 1 aromatic carbocycles. The second-order valence-electron chi connectivity index (χ2n) is 4.59. The lowest BCUT2D eigenvalue weighted by Crippen LogP contribution is -2.22. The SMILES string of the molecule is CC(Oc1cccc(C=Cc2ccc(C#N)cn2)c1)C(=O)O. The molecule has 1 heterocycles. The number of carbonyl (C=O) groups is 1. The van der Waals surface area contributed by atoms with Crippen LogP contribution in [0.3, 0.4) is 0 Å². The number of hydrogen-bond donors (Lipinski definition) is 1. The van der Waals surface area contributed by atoms with Crippen LogP contribution >= 0.6 is 0 Å². The number of aromatic nitrogens is 1. The second-order valence-corrected chi connectivity index (χ2v) is 4.59. The highest BCUT2D eigenvalue weighted by atomic mass is 16.5. The molecule has 1 unspecified atom stereocenters. The molecule has 1 atom stereocenters. The van der Waals surface area contributed by atoms with Gasteiger partial charge in [-0.15, -0.1) is 0 Å². The maximum absolute atomic E-state index is 10.8. The van der Waals surface area contributed by atoms with Crippen molar-refractivity contribution in [3.63, 3.8) is 0 Å². The fourth-order valence-electron chi connectivity index (χ4n) is 1.70. The Bertz CT molecular complexity index is 730. The third-order valence-electron chi connectivity index (χ3n) is 2.88. The predicted molar refractivity (Wildman–Crippen MR) is 82.0 cm³/mol. The van der Waals surface area contributed by atoms with E-state index in [9.17, 15) is 4.79 Å². The standard InChI is InChI=1S/C17H14N2O3/c1-12(17(20)21)22-16-4-2-3-13(9-16)5-7-15-8-6-14(10-18)11-19-15/h2-9,11-12H,1H3,(H,20,21). The Labute approximate surface area is 128 Å². The van der Waals surface area contributed by atoms with Crippen molar-refractivity contribution in [2.45, 2.75) is 13.0 Å². The molecular weight excluding hydrogens is 280 g/mol. The summed E-state index contributed by atoms with van der Waals surface area (Å²) in [5, 5.41) is 17.6. The van der Waals surface area contributed by atoms with E-state index in [1.807, 2.05) is 18.2 Å². The first kappa shape index (κ1) is 15.3. The molecule has 0 saturated carbocycles. The highest BCUT2D eigenvalue weighted by Crippen LogP contribution is 2.17. The number of pyridine rings is 1. The minimum absolute atomic E-state index is 0.491. The van der Waals surface area contributed by atoms with E-state index < -0.39 is 12.1 Å². The van der Waals surface area contributed by atoms with Gasteiger partial charge in [0.05, 0.1) is 11.3 Å². The molecule has 0 aliphatic carbocycles. The van der Waals surface area contributed by atoms with Crippen molar-refractivity contribution in [2.24, 2.45) is 0 Å². The molecule has 5 nitrogen and oxygen atoms in total. The average molecular weight is 294 g/mol. The number of nitrogens with zero attached hydrogens (tertiary/aromatic N) is 2. The fraction of sp³-hybridized carbons (Fsp3) is 0.118. The highest BCUT2D eigenvalue weighted by molar-refractivity contribution is 5.72. The summed E-state index contributed by atoms with van der Waals surface area (Å²) in [6.45, 7) is 1.48. The van der Waals surface area contributed by atoms with E-state index in [-0.39, 0.29) is 0 Å². The van der Waals surface area contributed by atoms with Crippen molar-refractivity contribution in [1.29, 1.82) is 5.26 Å². The van der Waals surface area contributed by atoms with Crippen molar-refractivity contribution < 1.29 is 14.6 Å². The molecule has 1 aromatic heterocycles. The Morgan fingerprint density at radius 3 is 2.82 bits per heavy atom. The highest BCUT2D eigenvalue weighted by Gasteiger charge is 2.11. The summed E-state index contributed by atoms with van der Waals surface area (Å²) in [5.41, 5.74) is 2.10. The number of rotatable bonds is 5. The van der Waals surface area contributed by atoms with Gasteiger partial charge in [0.1, 0.15) is 11.8 Å². The van der Waals surface area contributed by atoms with Crippen molar-refractivity contribution in [1.82, 2.24) is 4.98 Å². The molecule has 0 aliphatic rings. The molecule has 2 aromatic rings. The molecule has 0 radical (unpaired) electrons. The minimum Gasteiger partial charge on any atom is -0.479 e. The predicted octanol–water partition coefficient (Wildman–Crippen LogP) is 2.98. The summed E-state index contributed by atoms with van der Waals surface area (Å²) in [5.74, 6) is -0.521. The van der Waals surface area contributed by atoms with Gasteiger partial charge in [-0.05, 0) is 42.8 Å². The number of ether oxygens (including phenoxy) is 1. The lowest BCUT2D eigenvalue weighted by molar-refractivity contribution is -0.144. The smallest absolute Gasteiger partial charge is 0.344 e. The molecule has 22 heavy (non-hydrogen) atoms. The second kappa shape index (κ2) is 7.04. The molecule has 110 valence electrons. The Kier molecular flexibility index (Phi) is 4.89. The number of carboxylic acids is 1. The van der Waals surface area contributed by atoms with Gasteiger partial charge in [-0.1, -0.05) is 18.2 Å². The summed E-state index contributed by atoms with van der Waals surface area (Å²) in [6, 6.07) is 12.6. The van der Waals surface area contributed by atoms with E-state index in [0.29, 0.717) is 11.3 Å². The summed E-state index contributed by atoms with van der Waals surface area (Å²) in [6.07, 6.45) is 4.25. The van der Waals surface area contributed by atoms with Crippen LogP contribution in [0.4, 0.5) is 0 Å². The Morgan fingerprint density at radius 1 is 1.36 bits per heavy atom. The van der Waals surface area contributed by atoms with Crippen molar-refractivity contribution in [3.8, 4) is 11.8 Å². The molecule has 0 saturated heterocycles. The number of hydrogen-bond acceptors (Lipinski definition) is 4. The fourth-order valence-corrected chi connectivity index (χ4v) is 1.70. The van der Waals surface area contributed by atoms with Crippen LogP contribution in [0.15, 0.2) is 42.6 Å². The molecule has 0 fully saturated rings. The molecule has 1 N–H and O–H groups in total. The first-order chi connectivity index (χ1) is 10.6. The topological polar surface area (TPSA) is 83.2 Å². The maximum Gasteiger partial charge on any atom is 0.344 e. The maximum atomic E-state index is 10.8. The van der Waals surface area contributed by atoms with Gasteiger partial charge in [0.2, 0.25) is 0 Å². The summed E-state index contributed by atoms with van der Waals surface area (Å²) < 4.78 is 5.31. The van der Waals surface area contributed by atoms with E-state index in [4.69, 9.17) is 15.1 Å². The van der Waals surface area contributed by atoms with Crippen LogP contribution in [0.5, 0.6) is 5.75 Å². The minimum atomic E-state index is -1.01. The normalized spacial score (nSPS) is 11.8. The van der Waals surface area contributed by atoms with Crippen molar-refractivity contribution in [2.75, 3.05) is 0 Å². The van der Waals surface area contributed by atoms with Gasteiger partial charge in [0.15, 0.2) is 6.10 Å². The number of benzene rings is 1. The van der Waals surface area contributed by atoms with Gasteiger partial charge >= 0.3 is 5.97 Å². The average Bonchev–Trinajstić information content (AvgIpc) is 2.53. The van der Waals surface area contributed by atoms with Crippen LogP contribution in [0.25, 0.3) is 12.2 Å². The van der Waals surface area contributed by atoms with E-state index in [2.05, 4.69) is 4.98 Å². The summed E-state index contributed by atoms with van der Waals surface area (Å²) >= 11 is 0. The Hall–Kier alpha value is -3.13. The number of carboxylic acid groups (broad SMARTS) is 1. The van der Waals surface area contributed by atoms with E-state index >= 15 is 0 Å². The first-order valence-electron chi connectivity index (χ1n) is 6.62. The lowest BCUT2D eigenvalue weighted by atomic mass is 10.2. The molecule has 0 spiro atoms. The zero-order chi connectivity index (χ0) is 15.9. The van der Waals surface area contributed by atoms with Gasteiger partial charge in [0, 0.05) is 6.20 Å². The van der Waals surface area contributed by atoms with Crippen molar-refractivity contribution in [3.05, 3.63) is 59.4 Å². The van der Waals surface area contributed by atoms with E-state index in [1.54, 1.807) is 36.4 Å². The molecule has 2 rings (SSSR count). The van der Waals surface area contributed by atoms with Crippen LogP contribution in [0.2, 0.25) is 0 Å². The Balaban J connectivity index is 2.10. The van der Waals surface area contributed by atoms with E-state index in [1.165, 1.54) is 13.1 Å². The summed E-state index contributed by atoms with van der Waals surface area (Å²) in [7, 11) is 0. The third kappa shape index (κ3) is 4.18. The van der Waals surface area contributed by atoms with Crippen LogP contribution in [0.1, 0.15) is 23.7 Å². The van der Waals surface area contributed by atoms with Crippen LogP contribution in [0, 0.1) is 11.3 Å². The van der Waals surface area contributed by atoms with Gasteiger partial charge in [-0.2, -0.15) is 5.26 Å². The van der Waals surface area contributed by atoms with Gasteiger partial charge in [0.25, 0.3) is 0 Å². The molecule has 5 heteroatoms. The summed E-state index contributed by atoms with van der Waals surface area (Å²) in [4.78, 5) is 14.9. The first-order valence-corrected chi connectivity index (χ1v) is 6.62. The third-order valence-corrected chi connectivity index (χ3v) is 2.88. The van der Waals surface area contributed by atoms with Crippen LogP contribution in [-0.2, 0) is 4.79 Å². The number of aliphatic carboxylic acids is 1.